The van der Waals surface area contributed by atoms with Crippen LogP contribution in [0, 0.1) is 0 Å². The van der Waals surface area contributed by atoms with Crippen LogP contribution in [0.4, 0.5) is 0 Å². The first-order valence-electron chi connectivity index (χ1n) is 7.03. The van der Waals surface area contributed by atoms with Gasteiger partial charge in [-0.3, -0.25) is 9.59 Å². The Morgan fingerprint density at radius 2 is 2.05 bits per heavy atom. The Balaban J connectivity index is 2.15. The lowest BCUT2D eigenvalue weighted by atomic mass is 9.89. The van der Waals surface area contributed by atoms with E-state index in [0.717, 1.165) is 9.88 Å². The Morgan fingerprint density at radius 1 is 1.32 bits per heavy atom. The molecule has 5 nitrogen and oxygen atoms in total. The Kier molecular flexibility index (Phi) is 5.31. The number of thiazole rings is 1. The van der Waals surface area contributed by atoms with Crippen molar-refractivity contribution in [3.05, 3.63) is 28.6 Å². The number of carbonyl (C=O) groups excluding carboxylic acids is 1. The van der Waals surface area contributed by atoms with Gasteiger partial charge < -0.3 is 10.4 Å². The third-order valence-corrected chi connectivity index (χ3v) is 5.57. The van der Waals surface area contributed by atoms with E-state index >= 15 is 0 Å². The van der Waals surface area contributed by atoms with Crippen LogP contribution in [0.5, 0.6) is 0 Å². The van der Waals surface area contributed by atoms with Crippen molar-refractivity contribution in [2.45, 2.75) is 38.6 Å². The van der Waals surface area contributed by atoms with Gasteiger partial charge in [-0.15, -0.1) is 22.7 Å². The lowest BCUT2D eigenvalue weighted by Gasteiger charge is -2.31. The van der Waals surface area contributed by atoms with Crippen LogP contribution in [0.25, 0.3) is 9.88 Å². The summed E-state index contributed by atoms with van der Waals surface area (Å²) in [5, 5.41) is 16.4. The molecular weight excluding hydrogens is 320 g/mol. The van der Waals surface area contributed by atoms with Gasteiger partial charge in [-0.2, -0.15) is 0 Å². The Morgan fingerprint density at radius 3 is 2.59 bits per heavy atom. The molecule has 2 rings (SSSR count). The third-order valence-electron chi connectivity index (χ3n) is 3.69. The fourth-order valence-electron chi connectivity index (χ4n) is 2.21. The van der Waals surface area contributed by atoms with Crippen LogP contribution in [-0.2, 0) is 4.79 Å². The predicted molar refractivity (Wildman–Crippen MR) is 88.5 cm³/mol. The second-order valence-electron chi connectivity index (χ2n) is 5.03. The van der Waals surface area contributed by atoms with Crippen LogP contribution < -0.4 is 5.32 Å². The number of carboxylic acid groups (broad SMARTS) is 1. The molecule has 2 aromatic heterocycles. The van der Waals surface area contributed by atoms with Crippen molar-refractivity contribution in [2.24, 2.45) is 0 Å². The number of carbonyl (C=O) groups is 2. The highest BCUT2D eigenvalue weighted by molar-refractivity contribution is 7.20. The molecule has 0 saturated heterocycles. The standard InChI is InChI=1S/C15H18N2O3S2/c1-3-15(4-2,8-12(18)19)17-13(20)10-9-22-14(16-10)11-6-5-7-21-11/h5-7,9H,3-4,8H2,1-2H3,(H,17,20)(H,18,19). The third kappa shape index (κ3) is 3.72. The summed E-state index contributed by atoms with van der Waals surface area (Å²) >= 11 is 2.98. The van der Waals surface area contributed by atoms with Crippen molar-refractivity contribution < 1.29 is 14.7 Å². The summed E-state index contributed by atoms with van der Waals surface area (Å²) in [7, 11) is 0. The average Bonchev–Trinajstić information content (AvgIpc) is 3.16. The minimum atomic E-state index is -0.915. The number of thiophene rings is 1. The van der Waals surface area contributed by atoms with Gasteiger partial charge in [0.25, 0.3) is 5.91 Å². The molecule has 0 radical (unpaired) electrons. The van der Waals surface area contributed by atoms with Crippen molar-refractivity contribution in [3.63, 3.8) is 0 Å². The molecule has 0 spiro atoms. The van der Waals surface area contributed by atoms with Gasteiger partial charge in [0.2, 0.25) is 0 Å². The van der Waals surface area contributed by atoms with E-state index in [4.69, 9.17) is 5.11 Å². The van der Waals surface area contributed by atoms with Crippen LogP contribution in [0.15, 0.2) is 22.9 Å². The first-order valence-corrected chi connectivity index (χ1v) is 8.79. The van der Waals surface area contributed by atoms with Gasteiger partial charge in [-0.05, 0) is 24.3 Å². The maximum atomic E-state index is 12.4. The van der Waals surface area contributed by atoms with Crippen molar-refractivity contribution in [1.82, 2.24) is 10.3 Å². The van der Waals surface area contributed by atoms with Gasteiger partial charge in [-0.25, -0.2) is 4.98 Å². The summed E-state index contributed by atoms with van der Waals surface area (Å²) in [4.78, 5) is 28.8. The SMILES string of the molecule is CCC(CC)(CC(=O)O)NC(=O)c1csc(-c2cccs2)n1. The maximum absolute atomic E-state index is 12.4. The normalized spacial score (nSPS) is 11.4. The summed E-state index contributed by atoms with van der Waals surface area (Å²) in [6.45, 7) is 3.76. The molecular formula is C15H18N2O3S2. The molecule has 118 valence electrons. The van der Waals surface area contributed by atoms with Crippen LogP contribution in [0.1, 0.15) is 43.6 Å². The number of amides is 1. The van der Waals surface area contributed by atoms with Gasteiger partial charge >= 0.3 is 5.97 Å². The van der Waals surface area contributed by atoms with E-state index in [9.17, 15) is 9.59 Å². The lowest BCUT2D eigenvalue weighted by Crippen LogP contribution is -2.49. The molecule has 0 aliphatic carbocycles. The van der Waals surface area contributed by atoms with E-state index in [1.807, 2.05) is 31.4 Å². The number of hydrogen-bond acceptors (Lipinski definition) is 5. The molecule has 0 aliphatic heterocycles. The largest absolute Gasteiger partial charge is 0.481 e. The number of nitrogens with zero attached hydrogens (tertiary/aromatic N) is 1. The van der Waals surface area contributed by atoms with Crippen LogP contribution in [-0.4, -0.2) is 27.5 Å². The highest BCUT2D eigenvalue weighted by Crippen LogP contribution is 2.28. The molecule has 0 aromatic carbocycles. The topological polar surface area (TPSA) is 79.3 Å². The highest BCUT2D eigenvalue weighted by Gasteiger charge is 2.31. The molecule has 2 N–H and O–H groups in total. The zero-order valence-corrected chi connectivity index (χ0v) is 14.1. The molecule has 0 atom stereocenters. The summed E-state index contributed by atoms with van der Waals surface area (Å²) in [6.07, 6.45) is 1.03. The minimum absolute atomic E-state index is 0.0896. The van der Waals surface area contributed by atoms with Crippen LogP contribution in [0.3, 0.4) is 0 Å². The summed E-state index contributed by atoms with van der Waals surface area (Å²) in [5.74, 6) is -1.23. The number of rotatable bonds is 7. The highest BCUT2D eigenvalue weighted by atomic mass is 32.1. The van der Waals surface area contributed by atoms with Gasteiger partial charge in [0.1, 0.15) is 10.7 Å². The summed E-state index contributed by atoms with van der Waals surface area (Å²) in [5.41, 5.74) is -0.389. The lowest BCUT2D eigenvalue weighted by molar-refractivity contribution is -0.138. The van der Waals surface area contributed by atoms with Crippen molar-refractivity contribution in [2.75, 3.05) is 0 Å². The molecule has 22 heavy (non-hydrogen) atoms. The summed E-state index contributed by atoms with van der Waals surface area (Å²) < 4.78 is 0. The van der Waals surface area contributed by atoms with E-state index in [2.05, 4.69) is 10.3 Å². The van der Waals surface area contributed by atoms with Gasteiger partial charge in [0.05, 0.1) is 16.8 Å². The number of aromatic nitrogens is 1. The number of aliphatic carboxylic acids is 1. The molecule has 1 amide bonds. The van der Waals surface area contributed by atoms with Gasteiger partial charge in [0.15, 0.2) is 0 Å². The fourth-order valence-corrected chi connectivity index (χ4v) is 3.82. The molecule has 2 aromatic rings. The molecule has 2 heterocycles. The Bertz CT molecular complexity index is 646. The monoisotopic (exact) mass is 338 g/mol. The Hall–Kier alpha value is -1.73. The maximum Gasteiger partial charge on any atom is 0.305 e. The van der Waals surface area contributed by atoms with E-state index in [-0.39, 0.29) is 12.3 Å². The molecule has 0 saturated carbocycles. The first kappa shape index (κ1) is 16.6. The Labute approximate surface area is 137 Å². The molecule has 7 heteroatoms. The number of nitrogens with one attached hydrogen (secondary N) is 1. The predicted octanol–water partition coefficient (Wildman–Crippen LogP) is 3.63. The van der Waals surface area contributed by atoms with E-state index in [0.29, 0.717) is 18.5 Å². The number of carboxylic acids is 1. The molecule has 0 fully saturated rings. The number of hydrogen-bond donors (Lipinski definition) is 2. The molecule has 0 unspecified atom stereocenters. The van der Waals surface area contributed by atoms with E-state index in [1.165, 1.54) is 11.3 Å². The molecule has 0 bridgehead atoms. The second-order valence-corrected chi connectivity index (χ2v) is 6.83. The fraction of sp³-hybridized carbons (Fsp3) is 0.400. The quantitative estimate of drug-likeness (QED) is 0.808. The smallest absolute Gasteiger partial charge is 0.305 e. The second kappa shape index (κ2) is 7.02. The molecule has 0 aliphatic rings. The van der Waals surface area contributed by atoms with Crippen molar-refractivity contribution in [1.29, 1.82) is 0 Å². The zero-order chi connectivity index (χ0) is 16.2. The zero-order valence-electron chi connectivity index (χ0n) is 12.5. The van der Waals surface area contributed by atoms with Gasteiger partial charge in [0, 0.05) is 5.38 Å². The van der Waals surface area contributed by atoms with Gasteiger partial charge in [-0.1, -0.05) is 19.9 Å². The van der Waals surface area contributed by atoms with Crippen LogP contribution >= 0.6 is 22.7 Å². The average molecular weight is 338 g/mol. The first-order chi connectivity index (χ1) is 10.5. The minimum Gasteiger partial charge on any atom is -0.481 e. The van der Waals surface area contributed by atoms with E-state index in [1.54, 1.807) is 16.7 Å². The van der Waals surface area contributed by atoms with Crippen molar-refractivity contribution >= 4 is 34.6 Å². The van der Waals surface area contributed by atoms with Crippen LogP contribution in [0.2, 0.25) is 0 Å². The van der Waals surface area contributed by atoms with E-state index < -0.39 is 11.5 Å². The summed E-state index contributed by atoms with van der Waals surface area (Å²) in [6, 6.07) is 3.89. The van der Waals surface area contributed by atoms with Crippen molar-refractivity contribution in [3.8, 4) is 9.88 Å².